The molecule has 1 atom stereocenters. The minimum absolute atomic E-state index is 0. The first-order valence-electron chi connectivity index (χ1n) is 8.97. The lowest BCUT2D eigenvalue weighted by atomic mass is 10.0. The quantitative estimate of drug-likeness (QED) is 0.234. The summed E-state index contributed by atoms with van der Waals surface area (Å²) in [5.41, 5.74) is -0.245. The molecule has 1 saturated heterocycles. The third-order valence-electron chi connectivity index (χ3n) is 4.36. The number of hydrogen-bond donors (Lipinski definition) is 3. The van der Waals surface area contributed by atoms with Crippen LogP contribution < -0.4 is 10.6 Å². The largest absolute Gasteiger partial charge is 0.383 e. The van der Waals surface area contributed by atoms with Crippen molar-refractivity contribution in [2.24, 2.45) is 12.0 Å². The summed E-state index contributed by atoms with van der Waals surface area (Å²) in [6, 6.07) is 0. The van der Waals surface area contributed by atoms with Crippen LogP contribution in [-0.4, -0.2) is 65.0 Å². The van der Waals surface area contributed by atoms with Gasteiger partial charge in [0.05, 0.1) is 12.7 Å². The van der Waals surface area contributed by atoms with Crippen molar-refractivity contribution in [1.29, 1.82) is 0 Å². The third kappa shape index (κ3) is 7.49. The second-order valence-electron chi connectivity index (χ2n) is 6.70. The molecule has 25 heavy (non-hydrogen) atoms. The zero-order chi connectivity index (χ0) is 17.4. The van der Waals surface area contributed by atoms with E-state index in [0.717, 1.165) is 37.6 Å². The fourth-order valence-electron chi connectivity index (χ4n) is 2.88. The second kappa shape index (κ2) is 11.0. The highest BCUT2D eigenvalue weighted by atomic mass is 127. The van der Waals surface area contributed by atoms with Crippen LogP contribution in [0.3, 0.4) is 0 Å². The number of hydrogen-bond acceptors (Lipinski definition) is 4. The molecule has 0 aliphatic carbocycles. The first-order chi connectivity index (χ1) is 11.5. The van der Waals surface area contributed by atoms with Crippen LogP contribution in [0.2, 0.25) is 0 Å². The van der Waals surface area contributed by atoms with E-state index in [9.17, 15) is 5.11 Å². The molecule has 7 nitrogen and oxygen atoms in total. The molecule has 1 aromatic heterocycles. The Balaban J connectivity index is 0.00000312. The van der Waals surface area contributed by atoms with Crippen molar-refractivity contribution in [2.75, 3.05) is 39.3 Å². The molecule has 1 unspecified atom stereocenters. The molecule has 0 amide bonds. The first kappa shape index (κ1) is 22.2. The van der Waals surface area contributed by atoms with E-state index >= 15 is 0 Å². The Bertz CT molecular complexity index is 525. The van der Waals surface area contributed by atoms with Crippen molar-refractivity contribution in [2.45, 2.75) is 38.7 Å². The molecule has 1 aliphatic heterocycles. The number of likely N-dealkylation sites (tertiary alicyclic amines) is 1. The number of aliphatic imine (C=N–C) groups is 1. The maximum Gasteiger partial charge on any atom is 0.191 e. The fraction of sp³-hybridized carbons (Fsp3) is 0.765. The predicted molar refractivity (Wildman–Crippen MR) is 112 cm³/mol. The summed E-state index contributed by atoms with van der Waals surface area (Å²) >= 11 is 0. The number of rotatable bonds is 8. The second-order valence-corrected chi connectivity index (χ2v) is 6.70. The summed E-state index contributed by atoms with van der Waals surface area (Å²) in [4.78, 5) is 7.05. The highest BCUT2D eigenvalue weighted by molar-refractivity contribution is 14.0. The molecule has 2 heterocycles. The number of halogens is 1. The minimum atomic E-state index is -1.02. The fourth-order valence-corrected chi connectivity index (χ4v) is 2.88. The maximum absolute atomic E-state index is 10.6. The van der Waals surface area contributed by atoms with Gasteiger partial charge in [-0.3, -0.25) is 4.68 Å². The van der Waals surface area contributed by atoms with Gasteiger partial charge in [0.15, 0.2) is 5.96 Å². The van der Waals surface area contributed by atoms with Crippen molar-refractivity contribution in [1.82, 2.24) is 25.3 Å². The number of aromatic nitrogens is 2. The van der Waals surface area contributed by atoms with Gasteiger partial charge < -0.3 is 20.6 Å². The molecule has 0 aromatic carbocycles. The van der Waals surface area contributed by atoms with E-state index in [1.807, 2.05) is 20.2 Å². The maximum atomic E-state index is 10.6. The van der Waals surface area contributed by atoms with Crippen molar-refractivity contribution >= 4 is 29.9 Å². The Morgan fingerprint density at radius 3 is 2.68 bits per heavy atom. The Labute approximate surface area is 168 Å². The normalized spacial score (nSPS) is 17.8. The summed E-state index contributed by atoms with van der Waals surface area (Å²) in [5.74, 6) is 0.753. The molecular weight excluding hydrogens is 431 g/mol. The molecule has 144 valence electrons. The zero-order valence-corrected chi connectivity index (χ0v) is 18.0. The predicted octanol–water partition coefficient (Wildman–Crippen LogP) is 1.29. The van der Waals surface area contributed by atoms with Crippen LogP contribution in [0, 0.1) is 0 Å². The van der Waals surface area contributed by atoms with E-state index in [1.54, 1.807) is 17.8 Å². The monoisotopic (exact) mass is 464 g/mol. The minimum Gasteiger partial charge on any atom is -0.383 e. The van der Waals surface area contributed by atoms with Gasteiger partial charge in [-0.2, -0.15) is 5.10 Å². The van der Waals surface area contributed by atoms with Crippen molar-refractivity contribution < 1.29 is 5.11 Å². The van der Waals surface area contributed by atoms with Crippen molar-refractivity contribution in [3.8, 4) is 0 Å². The van der Waals surface area contributed by atoms with Gasteiger partial charge in [-0.1, -0.05) is 0 Å². The molecule has 0 radical (unpaired) electrons. The molecule has 0 bridgehead atoms. The van der Waals surface area contributed by atoms with Crippen LogP contribution in [0.25, 0.3) is 0 Å². The molecule has 1 aliphatic rings. The van der Waals surface area contributed by atoms with E-state index < -0.39 is 5.60 Å². The van der Waals surface area contributed by atoms with Crippen molar-refractivity contribution in [3.05, 3.63) is 18.0 Å². The van der Waals surface area contributed by atoms with Gasteiger partial charge in [-0.15, -0.1) is 24.0 Å². The van der Waals surface area contributed by atoms with Crippen LogP contribution in [0.5, 0.6) is 0 Å². The molecule has 1 fully saturated rings. The smallest absolute Gasteiger partial charge is 0.191 e. The summed E-state index contributed by atoms with van der Waals surface area (Å²) < 4.78 is 1.69. The Kier molecular flexibility index (Phi) is 9.73. The lowest BCUT2D eigenvalue weighted by molar-refractivity contribution is 0.0672. The van der Waals surface area contributed by atoms with Gasteiger partial charge in [-0.25, -0.2) is 4.99 Å². The van der Waals surface area contributed by atoms with Crippen LogP contribution in [-0.2, 0) is 12.6 Å². The third-order valence-corrected chi connectivity index (χ3v) is 4.36. The van der Waals surface area contributed by atoms with E-state index in [1.165, 1.54) is 25.9 Å². The van der Waals surface area contributed by atoms with E-state index in [2.05, 4.69) is 25.6 Å². The van der Waals surface area contributed by atoms with Crippen LogP contribution in [0.4, 0.5) is 0 Å². The summed E-state index contributed by atoms with van der Waals surface area (Å²) in [6.45, 7) is 9.40. The standard InChI is InChI=1S/C17H32N6O.HI/c1-4-18-16(19-8-7-11-23-9-5-6-10-23)20-14-17(2,24)15-12-21-22(3)13-15;/h12-13,24H,4-11,14H2,1-3H3,(H2,18,19,20);1H. The number of aliphatic hydroxyl groups is 1. The first-order valence-corrected chi connectivity index (χ1v) is 8.97. The average Bonchev–Trinajstić information content (AvgIpc) is 3.20. The number of nitrogens with zero attached hydrogens (tertiary/aromatic N) is 4. The van der Waals surface area contributed by atoms with Gasteiger partial charge in [0.1, 0.15) is 5.60 Å². The van der Waals surface area contributed by atoms with Crippen LogP contribution in [0.1, 0.15) is 38.7 Å². The lowest BCUT2D eigenvalue weighted by Gasteiger charge is -2.21. The number of guanidine groups is 1. The highest BCUT2D eigenvalue weighted by Crippen LogP contribution is 2.19. The molecule has 8 heteroatoms. The van der Waals surface area contributed by atoms with Crippen LogP contribution >= 0.6 is 24.0 Å². The Morgan fingerprint density at radius 1 is 1.36 bits per heavy atom. The van der Waals surface area contributed by atoms with Gasteiger partial charge in [0.2, 0.25) is 0 Å². The van der Waals surface area contributed by atoms with Crippen LogP contribution in [0.15, 0.2) is 17.4 Å². The van der Waals surface area contributed by atoms with Gasteiger partial charge in [0.25, 0.3) is 0 Å². The number of aryl methyl sites for hydroxylation is 1. The van der Waals surface area contributed by atoms with Gasteiger partial charge in [-0.05, 0) is 52.7 Å². The average molecular weight is 464 g/mol. The highest BCUT2D eigenvalue weighted by Gasteiger charge is 2.24. The SMILES string of the molecule is CCNC(=NCC(C)(O)c1cnn(C)c1)NCCCN1CCCC1.I. The number of nitrogens with one attached hydrogen (secondary N) is 2. The van der Waals surface area contributed by atoms with E-state index in [4.69, 9.17) is 0 Å². The van der Waals surface area contributed by atoms with E-state index in [0.29, 0.717) is 6.54 Å². The molecule has 2 rings (SSSR count). The summed E-state index contributed by atoms with van der Waals surface area (Å²) in [7, 11) is 1.84. The summed E-state index contributed by atoms with van der Waals surface area (Å²) in [6.07, 6.45) is 7.28. The molecule has 0 saturated carbocycles. The topological polar surface area (TPSA) is 77.7 Å². The lowest BCUT2D eigenvalue weighted by Crippen LogP contribution is -2.40. The Morgan fingerprint density at radius 2 is 2.08 bits per heavy atom. The van der Waals surface area contributed by atoms with Crippen molar-refractivity contribution in [3.63, 3.8) is 0 Å². The van der Waals surface area contributed by atoms with Gasteiger partial charge >= 0.3 is 0 Å². The Hall–Kier alpha value is -0.870. The molecule has 0 spiro atoms. The van der Waals surface area contributed by atoms with Gasteiger partial charge in [0, 0.05) is 31.9 Å². The molecular formula is C17H33IN6O. The summed E-state index contributed by atoms with van der Waals surface area (Å²) in [5, 5.41) is 21.3. The zero-order valence-electron chi connectivity index (χ0n) is 15.7. The molecule has 1 aromatic rings. The van der Waals surface area contributed by atoms with E-state index in [-0.39, 0.29) is 24.0 Å². The molecule has 3 N–H and O–H groups in total.